The molecule has 3 fully saturated rings. The molecule has 0 aliphatic carbocycles. The van der Waals surface area contributed by atoms with Crippen molar-refractivity contribution >= 4 is 11.8 Å². The second-order valence-corrected chi connectivity index (χ2v) is 11.4. The van der Waals surface area contributed by atoms with E-state index in [-0.39, 0.29) is 29.1 Å². The zero-order valence-electron chi connectivity index (χ0n) is 24.1. The third kappa shape index (κ3) is 5.97. The number of carbonyl (C=O) groups is 2. The van der Waals surface area contributed by atoms with Gasteiger partial charge in [-0.1, -0.05) is 12.1 Å². The highest BCUT2D eigenvalue weighted by atomic mass is 19.1. The van der Waals surface area contributed by atoms with Crippen molar-refractivity contribution in [2.75, 3.05) is 45.9 Å². The van der Waals surface area contributed by atoms with Crippen LogP contribution in [0.5, 0.6) is 11.5 Å². The number of ether oxygens (including phenoxy) is 2. The molecule has 3 aliphatic rings. The Hall–Kier alpha value is -3.13. The molecule has 7 nitrogen and oxygen atoms in total. The number of amides is 2. The van der Waals surface area contributed by atoms with E-state index in [1.54, 1.807) is 12.1 Å². The molecule has 0 aromatic heterocycles. The molecular weight excluding hydrogens is 509 g/mol. The minimum Gasteiger partial charge on any atom is -0.493 e. The molecule has 1 unspecified atom stereocenters. The summed E-state index contributed by atoms with van der Waals surface area (Å²) in [6.07, 6.45) is 3.91. The molecule has 5 rings (SSSR count). The molecule has 3 saturated heterocycles. The highest BCUT2D eigenvalue weighted by molar-refractivity contribution is 5.81. The molecule has 2 aromatic carbocycles. The number of likely N-dealkylation sites (tertiary alicyclic amines) is 3. The number of halogens is 1. The molecule has 8 heteroatoms. The van der Waals surface area contributed by atoms with Crippen molar-refractivity contribution in [3.8, 4) is 22.6 Å². The summed E-state index contributed by atoms with van der Waals surface area (Å²) in [5.74, 6) is 1.67. The van der Waals surface area contributed by atoms with Crippen LogP contribution < -0.4 is 9.47 Å². The van der Waals surface area contributed by atoms with Gasteiger partial charge in [-0.15, -0.1) is 0 Å². The summed E-state index contributed by atoms with van der Waals surface area (Å²) in [5, 5.41) is 0. The number of carbonyl (C=O) groups excluding carboxylic acids is 2. The SMILES string of the molecule is CCOc1cc(CN2CCC3(CC2)CC(=O)N(C2CCC(=O)N(CC)C2)C3)cc(OCC)c1-c1ccc(F)cc1. The number of piperidine rings is 2. The predicted molar refractivity (Wildman–Crippen MR) is 153 cm³/mol. The topological polar surface area (TPSA) is 62.3 Å². The van der Waals surface area contributed by atoms with E-state index < -0.39 is 0 Å². The Morgan fingerprint density at radius 3 is 2.20 bits per heavy atom. The van der Waals surface area contributed by atoms with Crippen LogP contribution in [-0.2, 0) is 16.1 Å². The fourth-order valence-electron chi connectivity index (χ4n) is 6.67. The van der Waals surface area contributed by atoms with Gasteiger partial charge in [0.25, 0.3) is 0 Å². The molecule has 3 aliphatic heterocycles. The van der Waals surface area contributed by atoms with Crippen molar-refractivity contribution in [2.24, 2.45) is 5.41 Å². The monoisotopic (exact) mass is 551 g/mol. The number of hydrogen-bond acceptors (Lipinski definition) is 5. The van der Waals surface area contributed by atoms with Gasteiger partial charge in [0, 0.05) is 45.1 Å². The Morgan fingerprint density at radius 1 is 0.950 bits per heavy atom. The molecule has 2 aromatic rings. The van der Waals surface area contributed by atoms with Crippen molar-refractivity contribution in [2.45, 2.75) is 65.5 Å². The normalized spacial score (nSPS) is 21.4. The fraction of sp³-hybridized carbons (Fsp3) is 0.562. The second kappa shape index (κ2) is 12.2. The Labute approximate surface area is 237 Å². The van der Waals surface area contributed by atoms with E-state index in [1.807, 2.05) is 25.7 Å². The van der Waals surface area contributed by atoms with Crippen LogP contribution >= 0.6 is 0 Å². The van der Waals surface area contributed by atoms with Crippen molar-refractivity contribution in [1.82, 2.24) is 14.7 Å². The molecule has 3 heterocycles. The van der Waals surface area contributed by atoms with Crippen LogP contribution in [-0.4, -0.2) is 78.5 Å². The lowest BCUT2D eigenvalue weighted by Crippen LogP contribution is -2.51. The van der Waals surface area contributed by atoms with Gasteiger partial charge in [0.05, 0.1) is 18.8 Å². The molecule has 1 atom stereocenters. The summed E-state index contributed by atoms with van der Waals surface area (Å²) in [5.41, 5.74) is 2.86. The number of likely N-dealkylation sites (N-methyl/N-ethyl adjacent to an activating group) is 1. The highest BCUT2D eigenvalue weighted by Crippen LogP contribution is 2.44. The Kier molecular flexibility index (Phi) is 8.64. The van der Waals surface area contributed by atoms with Gasteiger partial charge >= 0.3 is 0 Å². The molecule has 0 saturated carbocycles. The number of benzene rings is 2. The van der Waals surface area contributed by atoms with Crippen molar-refractivity contribution in [1.29, 1.82) is 0 Å². The molecule has 0 radical (unpaired) electrons. The lowest BCUT2D eigenvalue weighted by molar-refractivity contribution is -0.139. The quantitative estimate of drug-likeness (QED) is 0.433. The Morgan fingerprint density at radius 2 is 1.60 bits per heavy atom. The minimum atomic E-state index is -0.275. The lowest BCUT2D eigenvalue weighted by Gasteiger charge is -2.41. The van der Waals surface area contributed by atoms with Crippen LogP contribution in [0, 0.1) is 11.2 Å². The summed E-state index contributed by atoms with van der Waals surface area (Å²) < 4.78 is 25.7. The average Bonchev–Trinajstić information content (AvgIpc) is 3.27. The minimum absolute atomic E-state index is 0.0332. The summed E-state index contributed by atoms with van der Waals surface area (Å²) in [6, 6.07) is 10.8. The first-order chi connectivity index (χ1) is 19.3. The van der Waals surface area contributed by atoms with Crippen molar-refractivity contribution in [3.05, 3.63) is 47.8 Å². The van der Waals surface area contributed by atoms with Crippen LogP contribution in [0.25, 0.3) is 11.1 Å². The standard InChI is InChI=1S/C32H42FN3O4/c1-4-35-21-26(11-12-29(35)37)36-22-32(19-30(36)38)13-15-34(16-14-32)20-23-17-27(39-5-2)31(28(18-23)40-6-3)24-7-9-25(33)10-8-24/h7-10,17-18,26H,4-6,11-16,19-22H2,1-3H3. The third-order valence-electron chi connectivity index (χ3n) is 8.83. The third-order valence-corrected chi connectivity index (χ3v) is 8.83. The molecular formula is C32H42FN3O4. The predicted octanol–water partition coefficient (Wildman–Crippen LogP) is 5.12. The maximum Gasteiger partial charge on any atom is 0.223 e. The van der Waals surface area contributed by atoms with Gasteiger partial charge in [0.1, 0.15) is 17.3 Å². The van der Waals surface area contributed by atoms with Crippen LogP contribution in [0.2, 0.25) is 0 Å². The highest BCUT2D eigenvalue weighted by Gasteiger charge is 2.47. The molecule has 2 amide bonds. The van der Waals surface area contributed by atoms with E-state index in [0.29, 0.717) is 39.1 Å². The second-order valence-electron chi connectivity index (χ2n) is 11.4. The fourth-order valence-corrected chi connectivity index (χ4v) is 6.67. The molecule has 40 heavy (non-hydrogen) atoms. The van der Waals surface area contributed by atoms with Gasteiger partial charge in [0.15, 0.2) is 0 Å². The number of hydrogen-bond donors (Lipinski definition) is 0. The first-order valence-corrected chi connectivity index (χ1v) is 14.8. The first-order valence-electron chi connectivity index (χ1n) is 14.8. The maximum absolute atomic E-state index is 13.6. The largest absolute Gasteiger partial charge is 0.493 e. The van der Waals surface area contributed by atoms with Gasteiger partial charge < -0.3 is 19.3 Å². The average molecular weight is 552 g/mol. The van der Waals surface area contributed by atoms with E-state index in [1.165, 1.54) is 12.1 Å². The summed E-state index contributed by atoms with van der Waals surface area (Å²) in [6.45, 7) is 11.8. The van der Waals surface area contributed by atoms with Crippen LogP contribution in [0.3, 0.4) is 0 Å². The van der Waals surface area contributed by atoms with Gasteiger partial charge in [-0.2, -0.15) is 0 Å². The zero-order chi connectivity index (χ0) is 28.3. The van der Waals surface area contributed by atoms with Gasteiger partial charge in [-0.05, 0) is 93.9 Å². The van der Waals surface area contributed by atoms with Crippen molar-refractivity contribution < 1.29 is 23.5 Å². The van der Waals surface area contributed by atoms with Crippen LogP contribution in [0.4, 0.5) is 4.39 Å². The Balaban J connectivity index is 1.27. The molecule has 0 N–H and O–H groups in total. The van der Waals surface area contributed by atoms with Gasteiger partial charge in [0.2, 0.25) is 11.8 Å². The summed E-state index contributed by atoms with van der Waals surface area (Å²) in [4.78, 5) is 31.7. The van der Waals surface area contributed by atoms with Crippen molar-refractivity contribution in [3.63, 3.8) is 0 Å². The van der Waals surface area contributed by atoms with E-state index >= 15 is 0 Å². The summed E-state index contributed by atoms with van der Waals surface area (Å²) >= 11 is 0. The van der Waals surface area contributed by atoms with Gasteiger partial charge in [-0.25, -0.2) is 4.39 Å². The van der Waals surface area contributed by atoms with Gasteiger partial charge in [-0.3, -0.25) is 14.5 Å². The van der Waals surface area contributed by atoms with E-state index in [9.17, 15) is 14.0 Å². The lowest BCUT2D eigenvalue weighted by atomic mass is 9.77. The number of rotatable bonds is 9. The maximum atomic E-state index is 13.6. The Bertz CT molecular complexity index is 1180. The van der Waals surface area contributed by atoms with E-state index in [0.717, 1.165) is 73.6 Å². The van der Waals surface area contributed by atoms with Crippen LogP contribution in [0.15, 0.2) is 36.4 Å². The summed E-state index contributed by atoms with van der Waals surface area (Å²) in [7, 11) is 0. The van der Waals surface area contributed by atoms with Crippen LogP contribution in [0.1, 0.15) is 58.4 Å². The van der Waals surface area contributed by atoms with E-state index in [2.05, 4.69) is 21.9 Å². The molecule has 216 valence electrons. The smallest absolute Gasteiger partial charge is 0.223 e. The number of nitrogens with zero attached hydrogens (tertiary/aromatic N) is 3. The van der Waals surface area contributed by atoms with E-state index in [4.69, 9.17) is 9.47 Å². The zero-order valence-corrected chi connectivity index (χ0v) is 24.1. The molecule has 0 bridgehead atoms. The first kappa shape index (κ1) is 28.4. The molecule has 1 spiro atoms.